The molecule has 0 radical (unpaired) electrons. The number of nitro benzene ring substituents is 1. The van der Waals surface area contributed by atoms with Gasteiger partial charge in [0.05, 0.1) is 28.7 Å². The maximum Gasteiger partial charge on any atom is 0.270 e. The summed E-state index contributed by atoms with van der Waals surface area (Å²) < 4.78 is 1.15. The predicted octanol–water partition coefficient (Wildman–Crippen LogP) is 2.19. The number of Topliss-reactive ketones (excluding diaryl/α,β-unsaturated/α-hetero) is 1. The van der Waals surface area contributed by atoms with E-state index >= 15 is 0 Å². The summed E-state index contributed by atoms with van der Waals surface area (Å²) in [7, 11) is 0. The Balaban J connectivity index is 2.02. The molecule has 0 spiro atoms. The van der Waals surface area contributed by atoms with Gasteiger partial charge in [-0.15, -0.1) is 0 Å². The molecule has 0 aliphatic heterocycles. The summed E-state index contributed by atoms with van der Waals surface area (Å²) in [5.41, 5.74) is 0.161. The van der Waals surface area contributed by atoms with E-state index in [4.69, 9.17) is 0 Å². The van der Waals surface area contributed by atoms with E-state index < -0.39 is 10.5 Å². The zero-order valence-electron chi connectivity index (χ0n) is 11.9. The van der Waals surface area contributed by atoms with Crippen LogP contribution in [-0.4, -0.2) is 20.3 Å². The van der Waals surface area contributed by atoms with Gasteiger partial charge in [-0.1, -0.05) is 30.3 Å². The second-order valence-corrected chi connectivity index (χ2v) is 4.93. The molecule has 0 amide bonds. The number of benzene rings is 2. The summed E-state index contributed by atoms with van der Waals surface area (Å²) in [5, 5.41) is 10.9. The number of carbonyl (C=O) groups excluding carboxylic acids is 1. The molecular weight excluding hydrogens is 298 g/mol. The summed E-state index contributed by atoms with van der Waals surface area (Å²) in [6, 6.07) is 12.5. The molecule has 1 aromatic heterocycles. The van der Waals surface area contributed by atoms with Crippen molar-refractivity contribution in [2.24, 2.45) is 0 Å². The highest BCUT2D eigenvalue weighted by atomic mass is 16.6. The molecule has 0 bridgehead atoms. The van der Waals surface area contributed by atoms with Gasteiger partial charge in [0.25, 0.3) is 11.2 Å². The van der Waals surface area contributed by atoms with E-state index in [1.165, 1.54) is 24.5 Å². The number of hydrogen-bond acceptors (Lipinski definition) is 5. The third-order valence-corrected chi connectivity index (χ3v) is 3.43. The average molecular weight is 309 g/mol. The molecule has 2 aromatic carbocycles. The van der Waals surface area contributed by atoms with Crippen molar-refractivity contribution in [3.63, 3.8) is 0 Å². The van der Waals surface area contributed by atoms with Crippen molar-refractivity contribution < 1.29 is 9.72 Å². The van der Waals surface area contributed by atoms with Crippen molar-refractivity contribution in [2.45, 2.75) is 6.54 Å². The zero-order valence-corrected chi connectivity index (χ0v) is 11.9. The molecule has 114 valence electrons. The highest BCUT2D eigenvalue weighted by molar-refractivity contribution is 5.96. The van der Waals surface area contributed by atoms with Crippen LogP contribution in [0.15, 0.2) is 59.7 Å². The smallest absolute Gasteiger partial charge is 0.270 e. The molecule has 0 fully saturated rings. The largest absolute Gasteiger partial charge is 0.292 e. The number of fused-ring (bicyclic) bond motifs is 1. The van der Waals surface area contributed by atoms with E-state index in [-0.39, 0.29) is 23.4 Å². The van der Waals surface area contributed by atoms with Crippen LogP contribution in [0, 0.1) is 10.1 Å². The number of nitro groups is 1. The fraction of sp³-hybridized carbons (Fsp3) is 0.0625. The van der Waals surface area contributed by atoms with Crippen molar-refractivity contribution in [2.75, 3.05) is 0 Å². The second kappa shape index (κ2) is 5.80. The van der Waals surface area contributed by atoms with Gasteiger partial charge in [0.1, 0.15) is 0 Å². The summed E-state index contributed by atoms with van der Waals surface area (Å²) >= 11 is 0. The highest BCUT2D eigenvalue weighted by Crippen LogP contribution is 2.16. The molecule has 0 N–H and O–H groups in total. The quantitative estimate of drug-likeness (QED) is 0.418. The molecule has 3 rings (SSSR count). The van der Waals surface area contributed by atoms with E-state index in [0.717, 1.165) is 4.57 Å². The highest BCUT2D eigenvalue weighted by Gasteiger charge is 2.13. The number of hydrogen-bond donors (Lipinski definition) is 0. The van der Waals surface area contributed by atoms with Crippen molar-refractivity contribution in [3.8, 4) is 0 Å². The molecule has 0 atom stereocenters. The van der Waals surface area contributed by atoms with Crippen LogP contribution in [0.1, 0.15) is 10.4 Å². The Bertz CT molecular complexity index is 964. The first-order chi connectivity index (χ1) is 11.1. The Morgan fingerprint density at radius 1 is 1.17 bits per heavy atom. The minimum Gasteiger partial charge on any atom is -0.292 e. The van der Waals surface area contributed by atoms with Gasteiger partial charge in [-0.25, -0.2) is 4.98 Å². The maximum atomic E-state index is 12.4. The monoisotopic (exact) mass is 309 g/mol. The molecule has 0 saturated heterocycles. The van der Waals surface area contributed by atoms with E-state index in [2.05, 4.69) is 4.98 Å². The Labute approximate surface area is 130 Å². The Hall–Kier alpha value is -3.35. The second-order valence-electron chi connectivity index (χ2n) is 4.93. The topological polar surface area (TPSA) is 95.1 Å². The van der Waals surface area contributed by atoms with Crippen LogP contribution in [-0.2, 0) is 6.54 Å². The number of aromatic nitrogens is 2. The van der Waals surface area contributed by atoms with E-state index in [1.807, 2.05) is 0 Å². The lowest BCUT2D eigenvalue weighted by Gasteiger charge is -2.06. The van der Waals surface area contributed by atoms with Crippen molar-refractivity contribution in [1.82, 2.24) is 9.55 Å². The van der Waals surface area contributed by atoms with Gasteiger partial charge in [-0.05, 0) is 6.07 Å². The molecular formula is C16H11N3O4. The van der Waals surface area contributed by atoms with Gasteiger partial charge in [-0.2, -0.15) is 0 Å². The van der Waals surface area contributed by atoms with E-state index in [9.17, 15) is 19.7 Å². The third kappa shape index (κ3) is 2.84. The van der Waals surface area contributed by atoms with Crippen LogP contribution < -0.4 is 5.56 Å². The van der Waals surface area contributed by atoms with E-state index in [0.29, 0.717) is 11.1 Å². The standard InChI is InChI=1S/C16H11N3O4/c20-15(11-4-2-1-3-5-11)9-18-10-17-14-7-6-12(19(22)23)8-13(14)16(18)21/h1-8,10H,9H2. The number of rotatable bonds is 4. The molecule has 0 unspecified atom stereocenters. The molecule has 0 saturated carbocycles. The number of carbonyl (C=O) groups is 1. The zero-order chi connectivity index (χ0) is 16.4. The molecule has 3 aromatic rings. The molecule has 7 heteroatoms. The van der Waals surface area contributed by atoms with Crippen LogP contribution >= 0.6 is 0 Å². The normalized spacial score (nSPS) is 10.6. The van der Waals surface area contributed by atoms with Gasteiger partial charge in [0.15, 0.2) is 5.78 Å². The van der Waals surface area contributed by atoms with Gasteiger partial charge < -0.3 is 0 Å². The van der Waals surface area contributed by atoms with Crippen molar-refractivity contribution >= 4 is 22.4 Å². The lowest BCUT2D eigenvalue weighted by Crippen LogP contribution is -2.24. The molecule has 0 aliphatic rings. The average Bonchev–Trinajstić information content (AvgIpc) is 2.58. The fourth-order valence-corrected chi connectivity index (χ4v) is 2.24. The van der Waals surface area contributed by atoms with Crippen LogP contribution in [0.2, 0.25) is 0 Å². The van der Waals surface area contributed by atoms with Gasteiger partial charge in [0, 0.05) is 17.7 Å². The Morgan fingerprint density at radius 2 is 1.91 bits per heavy atom. The van der Waals surface area contributed by atoms with Crippen LogP contribution in [0.5, 0.6) is 0 Å². The molecule has 1 heterocycles. The molecule has 7 nitrogen and oxygen atoms in total. The Morgan fingerprint density at radius 3 is 2.61 bits per heavy atom. The molecule has 0 aliphatic carbocycles. The predicted molar refractivity (Wildman–Crippen MR) is 83.4 cm³/mol. The lowest BCUT2D eigenvalue weighted by molar-refractivity contribution is -0.384. The third-order valence-electron chi connectivity index (χ3n) is 3.43. The van der Waals surface area contributed by atoms with Gasteiger partial charge in [0.2, 0.25) is 0 Å². The minimum atomic E-state index is -0.578. The number of nitrogens with zero attached hydrogens (tertiary/aromatic N) is 3. The summed E-state index contributed by atoms with van der Waals surface area (Å²) in [6.45, 7) is -0.172. The Kier molecular flexibility index (Phi) is 3.68. The first kappa shape index (κ1) is 14.6. The van der Waals surface area contributed by atoms with Crippen LogP contribution in [0.4, 0.5) is 5.69 Å². The first-order valence-corrected chi connectivity index (χ1v) is 6.78. The van der Waals surface area contributed by atoms with Crippen LogP contribution in [0.3, 0.4) is 0 Å². The van der Waals surface area contributed by atoms with Gasteiger partial charge in [-0.3, -0.25) is 24.3 Å². The van der Waals surface area contributed by atoms with Crippen LogP contribution in [0.25, 0.3) is 10.9 Å². The van der Waals surface area contributed by atoms with Gasteiger partial charge >= 0.3 is 0 Å². The summed E-state index contributed by atoms with van der Waals surface area (Å²) in [5.74, 6) is -0.237. The first-order valence-electron chi connectivity index (χ1n) is 6.78. The molecule has 23 heavy (non-hydrogen) atoms. The van der Waals surface area contributed by atoms with Crippen molar-refractivity contribution in [3.05, 3.63) is 80.9 Å². The SMILES string of the molecule is O=C(Cn1cnc2ccc([N+](=O)[O-])cc2c1=O)c1ccccc1. The number of non-ortho nitro benzene ring substituents is 1. The van der Waals surface area contributed by atoms with E-state index in [1.54, 1.807) is 30.3 Å². The minimum absolute atomic E-state index is 0.113. The lowest BCUT2D eigenvalue weighted by atomic mass is 10.1. The maximum absolute atomic E-state index is 12.4. The summed E-state index contributed by atoms with van der Waals surface area (Å²) in [6.07, 6.45) is 1.28. The van der Waals surface area contributed by atoms with Crippen molar-refractivity contribution in [1.29, 1.82) is 0 Å². The number of ketones is 1. The summed E-state index contributed by atoms with van der Waals surface area (Å²) in [4.78, 5) is 38.9. The fourth-order valence-electron chi connectivity index (χ4n) is 2.24.